The Balaban J connectivity index is 1.50. The zero-order valence-electron chi connectivity index (χ0n) is 16.1. The minimum absolute atomic E-state index is 0.274. The molecule has 4 aromatic rings. The lowest BCUT2D eigenvalue weighted by molar-refractivity contribution is 0.293. The SMILES string of the molecule is Fc1ccc2c(-c3ccccc3)c(C3=CCN(Cc4ccccc4)CC3)oc2c1. The van der Waals surface area contributed by atoms with Gasteiger partial charge in [0.25, 0.3) is 0 Å². The summed E-state index contributed by atoms with van der Waals surface area (Å²) in [5.41, 5.74) is 5.29. The van der Waals surface area contributed by atoms with E-state index in [-0.39, 0.29) is 5.82 Å². The number of hydrogen-bond donors (Lipinski definition) is 0. The van der Waals surface area contributed by atoms with Gasteiger partial charge in [-0.25, -0.2) is 4.39 Å². The third-order valence-corrected chi connectivity index (χ3v) is 5.55. The standard InChI is InChI=1S/C26H22FNO/c27-22-11-12-23-24(17-22)29-26(25(23)20-9-5-2-6-10-20)21-13-15-28(16-14-21)18-19-7-3-1-4-8-19/h1-13,17H,14-16,18H2. The van der Waals surface area contributed by atoms with Gasteiger partial charge in [0.1, 0.15) is 17.2 Å². The first-order chi connectivity index (χ1) is 14.3. The molecule has 5 rings (SSSR count). The van der Waals surface area contributed by atoms with Crippen LogP contribution in [0.3, 0.4) is 0 Å². The summed E-state index contributed by atoms with van der Waals surface area (Å²) in [5.74, 6) is 0.597. The molecule has 0 N–H and O–H groups in total. The van der Waals surface area contributed by atoms with Crippen molar-refractivity contribution in [2.24, 2.45) is 0 Å². The fourth-order valence-electron chi connectivity index (χ4n) is 4.09. The van der Waals surface area contributed by atoms with Crippen LogP contribution in [0.15, 0.2) is 89.4 Å². The summed E-state index contributed by atoms with van der Waals surface area (Å²) in [6, 6.07) is 25.6. The lowest BCUT2D eigenvalue weighted by atomic mass is 9.95. The number of halogens is 1. The van der Waals surface area contributed by atoms with Crippen molar-refractivity contribution in [1.29, 1.82) is 0 Å². The minimum Gasteiger partial charge on any atom is -0.456 e. The van der Waals surface area contributed by atoms with E-state index in [1.165, 1.54) is 23.3 Å². The van der Waals surface area contributed by atoms with E-state index in [9.17, 15) is 4.39 Å². The van der Waals surface area contributed by atoms with Crippen molar-refractivity contribution in [2.75, 3.05) is 13.1 Å². The monoisotopic (exact) mass is 383 g/mol. The van der Waals surface area contributed by atoms with Crippen LogP contribution < -0.4 is 0 Å². The Morgan fingerprint density at radius 1 is 0.897 bits per heavy atom. The summed E-state index contributed by atoms with van der Waals surface area (Å²) in [6.07, 6.45) is 3.17. The number of hydrogen-bond acceptors (Lipinski definition) is 2. The molecule has 3 aromatic carbocycles. The van der Waals surface area contributed by atoms with Crippen molar-refractivity contribution < 1.29 is 8.81 Å². The van der Waals surface area contributed by atoms with Gasteiger partial charge in [-0.3, -0.25) is 4.90 Å². The quantitative estimate of drug-likeness (QED) is 0.398. The van der Waals surface area contributed by atoms with E-state index >= 15 is 0 Å². The van der Waals surface area contributed by atoms with Crippen LogP contribution in [0, 0.1) is 5.82 Å². The molecule has 0 saturated heterocycles. The molecule has 2 nitrogen and oxygen atoms in total. The maximum atomic E-state index is 13.8. The number of furan rings is 1. The van der Waals surface area contributed by atoms with E-state index in [4.69, 9.17) is 4.42 Å². The Morgan fingerprint density at radius 2 is 1.66 bits per heavy atom. The lowest BCUT2D eigenvalue weighted by Crippen LogP contribution is -2.28. The molecule has 0 unspecified atom stereocenters. The Kier molecular flexibility index (Phi) is 4.74. The molecule has 29 heavy (non-hydrogen) atoms. The molecule has 0 spiro atoms. The highest BCUT2D eigenvalue weighted by Crippen LogP contribution is 2.40. The molecule has 1 aliphatic heterocycles. The van der Waals surface area contributed by atoms with Gasteiger partial charge in [0.2, 0.25) is 0 Å². The minimum atomic E-state index is -0.274. The van der Waals surface area contributed by atoms with Crippen LogP contribution in [-0.4, -0.2) is 18.0 Å². The Labute approximate surface area is 169 Å². The second-order valence-electron chi connectivity index (χ2n) is 7.51. The summed E-state index contributed by atoms with van der Waals surface area (Å²) >= 11 is 0. The Morgan fingerprint density at radius 3 is 2.38 bits per heavy atom. The first-order valence-corrected chi connectivity index (χ1v) is 10.0. The Bertz CT molecular complexity index is 1160. The predicted molar refractivity (Wildman–Crippen MR) is 116 cm³/mol. The van der Waals surface area contributed by atoms with E-state index in [0.717, 1.165) is 48.3 Å². The third kappa shape index (κ3) is 3.62. The van der Waals surface area contributed by atoms with Gasteiger partial charge < -0.3 is 4.42 Å². The van der Waals surface area contributed by atoms with Gasteiger partial charge in [-0.15, -0.1) is 0 Å². The zero-order chi connectivity index (χ0) is 19.6. The van der Waals surface area contributed by atoms with Gasteiger partial charge in [0.05, 0.1) is 0 Å². The maximum absolute atomic E-state index is 13.8. The summed E-state index contributed by atoms with van der Waals surface area (Å²) in [5, 5.41) is 0.959. The lowest BCUT2D eigenvalue weighted by Gasteiger charge is -2.26. The van der Waals surface area contributed by atoms with Gasteiger partial charge in [-0.2, -0.15) is 0 Å². The van der Waals surface area contributed by atoms with Crippen molar-refractivity contribution in [1.82, 2.24) is 4.90 Å². The molecule has 0 bridgehead atoms. The molecule has 1 aliphatic rings. The van der Waals surface area contributed by atoms with E-state index in [0.29, 0.717) is 5.58 Å². The molecule has 0 atom stereocenters. The van der Waals surface area contributed by atoms with Gasteiger partial charge >= 0.3 is 0 Å². The van der Waals surface area contributed by atoms with Gasteiger partial charge in [0.15, 0.2) is 0 Å². The second kappa shape index (κ2) is 7.69. The average Bonchev–Trinajstić information content (AvgIpc) is 3.14. The number of fused-ring (bicyclic) bond motifs is 1. The van der Waals surface area contributed by atoms with Gasteiger partial charge in [-0.05, 0) is 35.3 Å². The number of benzene rings is 3. The molecular formula is C26H22FNO. The largest absolute Gasteiger partial charge is 0.456 e. The van der Waals surface area contributed by atoms with Crippen LogP contribution in [0.1, 0.15) is 17.7 Å². The fraction of sp³-hybridized carbons (Fsp3) is 0.154. The molecule has 1 aromatic heterocycles. The van der Waals surface area contributed by atoms with Crippen LogP contribution in [0.5, 0.6) is 0 Å². The first-order valence-electron chi connectivity index (χ1n) is 10.0. The van der Waals surface area contributed by atoms with Gasteiger partial charge in [0, 0.05) is 36.7 Å². The van der Waals surface area contributed by atoms with E-state index in [2.05, 4.69) is 47.4 Å². The molecule has 0 radical (unpaired) electrons. The van der Waals surface area contributed by atoms with Crippen LogP contribution >= 0.6 is 0 Å². The predicted octanol–water partition coefficient (Wildman–Crippen LogP) is 6.53. The molecular weight excluding hydrogens is 361 g/mol. The summed E-state index contributed by atoms with van der Waals surface area (Å²) in [4.78, 5) is 2.43. The van der Waals surface area contributed by atoms with Crippen molar-refractivity contribution in [2.45, 2.75) is 13.0 Å². The summed E-state index contributed by atoms with van der Waals surface area (Å²) < 4.78 is 20.0. The van der Waals surface area contributed by atoms with E-state index < -0.39 is 0 Å². The van der Waals surface area contributed by atoms with Crippen LogP contribution in [0.4, 0.5) is 4.39 Å². The molecule has 0 fully saturated rings. The normalized spacial score (nSPS) is 14.9. The summed E-state index contributed by atoms with van der Waals surface area (Å²) in [7, 11) is 0. The second-order valence-corrected chi connectivity index (χ2v) is 7.51. The number of nitrogens with zero attached hydrogens (tertiary/aromatic N) is 1. The highest BCUT2D eigenvalue weighted by Gasteiger charge is 2.22. The van der Waals surface area contributed by atoms with E-state index in [1.807, 2.05) is 30.3 Å². The molecule has 3 heteroatoms. The van der Waals surface area contributed by atoms with E-state index in [1.54, 1.807) is 0 Å². The zero-order valence-corrected chi connectivity index (χ0v) is 16.1. The Hall–Kier alpha value is -3.17. The molecule has 0 saturated carbocycles. The molecule has 144 valence electrons. The van der Waals surface area contributed by atoms with Crippen molar-refractivity contribution >= 4 is 16.5 Å². The molecule has 0 aliphatic carbocycles. The topological polar surface area (TPSA) is 16.4 Å². The maximum Gasteiger partial charge on any atom is 0.138 e. The van der Waals surface area contributed by atoms with Crippen LogP contribution in [0.2, 0.25) is 0 Å². The highest BCUT2D eigenvalue weighted by atomic mass is 19.1. The van der Waals surface area contributed by atoms with Crippen molar-refractivity contribution in [3.63, 3.8) is 0 Å². The average molecular weight is 383 g/mol. The first kappa shape index (κ1) is 17.9. The van der Waals surface area contributed by atoms with Crippen molar-refractivity contribution in [3.05, 3.63) is 102 Å². The third-order valence-electron chi connectivity index (χ3n) is 5.55. The molecule has 0 amide bonds. The van der Waals surface area contributed by atoms with Crippen molar-refractivity contribution in [3.8, 4) is 11.1 Å². The fourth-order valence-corrected chi connectivity index (χ4v) is 4.09. The van der Waals surface area contributed by atoms with Crippen LogP contribution in [-0.2, 0) is 6.54 Å². The molecule has 2 heterocycles. The number of rotatable bonds is 4. The smallest absolute Gasteiger partial charge is 0.138 e. The summed E-state index contributed by atoms with van der Waals surface area (Å²) in [6.45, 7) is 2.80. The van der Waals surface area contributed by atoms with Crippen LogP contribution in [0.25, 0.3) is 27.7 Å². The van der Waals surface area contributed by atoms with Gasteiger partial charge in [-0.1, -0.05) is 66.7 Å². The highest BCUT2D eigenvalue weighted by molar-refractivity contribution is 6.00.